The number of fused-ring (bicyclic) bond motifs is 1. The third kappa shape index (κ3) is 1.54. The highest BCUT2D eigenvalue weighted by molar-refractivity contribution is 5.83. The second-order valence-electron chi connectivity index (χ2n) is 3.79. The van der Waals surface area contributed by atoms with Gasteiger partial charge in [0, 0.05) is 12.1 Å². The molecule has 13 heavy (non-hydrogen) atoms. The van der Waals surface area contributed by atoms with Crippen LogP contribution in [0.25, 0.3) is 0 Å². The van der Waals surface area contributed by atoms with Crippen molar-refractivity contribution in [1.82, 2.24) is 21.3 Å². The summed E-state index contributed by atoms with van der Waals surface area (Å²) in [5, 5.41) is 12.6. The zero-order chi connectivity index (χ0) is 9.42. The van der Waals surface area contributed by atoms with Crippen molar-refractivity contribution in [1.29, 1.82) is 0 Å². The molecule has 2 heterocycles. The van der Waals surface area contributed by atoms with Crippen LogP contribution in [-0.2, 0) is 4.79 Å². The Labute approximate surface area is 77.6 Å². The maximum atomic E-state index is 11.4. The number of amides is 1. The normalized spacial score (nSPS) is 45.2. The monoisotopic (exact) mass is 184 g/mol. The van der Waals surface area contributed by atoms with E-state index < -0.39 is 0 Å². The van der Waals surface area contributed by atoms with Gasteiger partial charge in [0.05, 0.1) is 12.8 Å². The van der Waals surface area contributed by atoms with E-state index in [2.05, 4.69) is 35.1 Å². The van der Waals surface area contributed by atoms with E-state index in [0.29, 0.717) is 18.8 Å². The molecule has 4 unspecified atom stereocenters. The Morgan fingerprint density at radius 3 is 2.69 bits per heavy atom. The molecule has 2 fully saturated rings. The van der Waals surface area contributed by atoms with E-state index >= 15 is 0 Å². The van der Waals surface area contributed by atoms with Crippen molar-refractivity contribution >= 4 is 5.91 Å². The van der Waals surface area contributed by atoms with Gasteiger partial charge in [-0.05, 0) is 13.8 Å². The van der Waals surface area contributed by atoms with Gasteiger partial charge in [-0.25, -0.2) is 0 Å². The highest BCUT2D eigenvalue weighted by Gasteiger charge is 2.38. The Hall–Kier alpha value is -0.650. The van der Waals surface area contributed by atoms with Crippen LogP contribution in [0.2, 0.25) is 0 Å². The fourth-order valence-corrected chi connectivity index (χ4v) is 1.81. The summed E-state index contributed by atoms with van der Waals surface area (Å²) in [6.07, 6.45) is 0.0694. The second kappa shape index (κ2) is 3.25. The molecule has 74 valence electrons. The van der Waals surface area contributed by atoms with Crippen LogP contribution in [0.5, 0.6) is 0 Å². The van der Waals surface area contributed by atoms with Crippen molar-refractivity contribution in [2.75, 3.05) is 6.67 Å². The summed E-state index contributed by atoms with van der Waals surface area (Å²) >= 11 is 0. The van der Waals surface area contributed by atoms with Crippen LogP contribution in [0, 0.1) is 0 Å². The topological polar surface area (TPSA) is 65.2 Å². The predicted molar refractivity (Wildman–Crippen MR) is 48.9 cm³/mol. The Balaban J connectivity index is 2.08. The number of rotatable bonds is 0. The lowest BCUT2D eigenvalue weighted by Gasteiger charge is -2.43. The molecule has 2 rings (SSSR count). The zero-order valence-electron chi connectivity index (χ0n) is 7.92. The molecule has 4 N–H and O–H groups in total. The average Bonchev–Trinajstić information content (AvgIpc) is 2.09. The van der Waals surface area contributed by atoms with E-state index in [9.17, 15) is 4.79 Å². The Bertz CT molecular complexity index is 220. The molecule has 2 aliphatic heterocycles. The van der Waals surface area contributed by atoms with Gasteiger partial charge in [0.25, 0.3) is 0 Å². The van der Waals surface area contributed by atoms with Gasteiger partial charge in [-0.2, -0.15) is 0 Å². The third-order valence-corrected chi connectivity index (χ3v) is 2.84. The maximum absolute atomic E-state index is 11.4. The van der Waals surface area contributed by atoms with Gasteiger partial charge < -0.3 is 5.32 Å². The zero-order valence-corrected chi connectivity index (χ0v) is 7.92. The minimum absolute atomic E-state index is 0.0694. The predicted octanol–water partition coefficient (Wildman–Crippen LogP) is -1.67. The fraction of sp³-hybridized carbons (Fsp3) is 0.875. The van der Waals surface area contributed by atoms with Crippen LogP contribution in [0.4, 0.5) is 0 Å². The summed E-state index contributed by atoms with van der Waals surface area (Å²) in [5.74, 6) is 0.0787. The van der Waals surface area contributed by atoms with Crippen molar-refractivity contribution in [3.05, 3.63) is 0 Å². The molecule has 1 amide bonds. The van der Waals surface area contributed by atoms with Crippen LogP contribution in [-0.4, -0.2) is 36.9 Å². The lowest BCUT2D eigenvalue weighted by molar-refractivity contribution is -0.127. The molecular weight excluding hydrogens is 168 g/mol. The molecule has 0 aromatic heterocycles. The van der Waals surface area contributed by atoms with Gasteiger partial charge in [-0.1, -0.05) is 0 Å². The minimum atomic E-state index is -0.139. The van der Waals surface area contributed by atoms with Gasteiger partial charge in [-0.3, -0.25) is 20.7 Å². The summed E-state index contributed by atoms with van der Waals surface area (Å²) in [7, 11) is 0. The Morgan fingerprint density at radius 1 is 1.23 bits per heavy atom. The van der Waals surface area contributed by atoms with Crippen LogP contribution in [0.1, 0.15) is 13.8 Å². The number of carbonyl (C=O) groups is 1. The molecular formula is C8H16N4O. The van der Waals surface area contributed by atoms with Gasteiger partial charge in [-0.15, -0.1) is 0 Å². The first-order chi connectivity index (χ1) is 6.18. The van der Waals surface area contributed by atoms with Crippen molar-refractivity contribution in [2.45, 2.75) is 38.1 Å². The van der Waals surface area contributed by atoms with Crippen LogP contribution < -0.4 is 21.3 Å². The van der Waals surface area contributed by atoms with Crippen LogP contribution in [0.15, 0.2) is 0 Å². The van der Waals surface area contributed by atoms with Gasteiger partial charge in [0.2, 0.25) is 5.91 Å². The van der Waals surface area contributed by atoms with Crippen LogP contribution in [0.3, 0.4) is 0 Å². The molecule has 0 spiro atoms. The van der Waals surface area contributed by atoms with E-state index in [1.54, 1.807) is 0 Å². The quantitative estimate of drug-likeness (QED) is 0.363. The Morgan fingerprint density at radius 2 is 1.92 bits per heavy atom. The molecule has 5 nitrogen and oxygen atoms in total. The first-order valence-electron chi connectivity index (χ1n) is 4.71. The van der Waals surface area contributed by atoms with E-state index in [0.717, 1.165) is 0 Å². The molecule has 4 atom stereocenters. The highest BCUT2D eigenvalue weighted by Crippen LogP contribution is 2.07. The number of hydrogen-bond donors (Lipinski definition) is 4. The molecule has 2 aliphatic rings. The van der Waals surface area contributed by atoms with Crippen molar-refractivity contribution in [2.24, 2.45) is 0 Å². The molecule has 5 heteroatoms. The summed E-state index contributed by atoms with van der Waals surface area (Å²) < 4.78 is 0. The molecule has 0 saturated carbocycles. The largest absolute Gasteiger partial charge is 0.342 e. The van der Waals surface area contributed by atoms with Crippen molar-refractivity contribution in [3.8, 4) is 0 Å². The molecule has 0 aliphatic carbocycles. The molecule has 0 bridgehead atoms. The van der Waals surface area contributed by atoms with Crippen LogP contribution >= 0.6 is 0 Å². The molecule has 0 radical (unpaired) electrons. The highest BCUT2D eigenvalue weighted by atomic mass is 16.2. The third-order valence-electron chi connectivity index (χ3n) is 2.84. The summed E-state index contributed by atoms with van der Waals surface area (Å²) in [6.45, 7) is 4.74. The smallest absolute Gasteiger partial charge is 0.241 e. The van der Waals surface area contributed by atoms with Crippen molar-refractivity contribution in [3.63, 3.8) is 0 Å². The number of carbonyl (C=O) groups excluding carboxylic acids is 1. The lowest BCUT2D eigenvalue weighted by Crippen LogP contribution is -2.75. The number of piperazine rings is 1. The minimum Gasteiger partial charge on any atom is -0.342 e. The molecule has 0 aromatic rings. The number of hydrogen-bond acceptors (Lipinski definition) is 4. The first-order valence-corrected chi connectivity index (χ1v) is 4.71. The SMILES string of the molecule is CC1NC2NCNC(=O)C2NC1C. The maximum Gasteiger partial charge on any atom is 0.241 e. The van der Waals surface area contributed by atoms with Gasteiger partial charge in [0.15, 0.2) is 0 Å². The second-order valence-corrected chi connectivity index (χ2v) is 3.79. The van der Waals surface area contributed by atoms with E-state index in [-0.39, 0.29) is 18.1 Å². The fourth-order valence-electron chi connectivity index (χ4n) is 1.81. The molecule has 0 aromatic carbocycles. The van der Waals surface area contributed by atoms with Gasteiger partial charge in [0.1, 0.15) is 6.04 Å². The van der Waals surface area contributed by atoms with Crippen molar-refractivity contribution < 1.29 is 4.79 Å². The number of nitrogens with one attached hydrogen (secondary N) is 4. The van der Waals surface area contributed by atoms with E-state index in [4.69, 9.17) is 0 Å². The standard InChI is InChI=1S/C8H16N4O/c1-4-5(2)12-7-6(11-4)8(13)10-3-9-7/h4-7,9,11-12H,3H2,1-2H3,(H,10,13). The summed E-state index contributed by atoms with van der Waals surface area (Å²) in [5.41, 5.74) is 0. The summed E-state index contributed by atoms with van der Waals surface area (Å²) in [4.78, 5) is 11.4. The summed E-state index contributed by atoms with van der Waals surface area (Å²) in [6, 6.07) is 0.575. The van der Waals surface area contributed by atoms with E-state index in [1.165, 1.54) is 0 Å². The first kappa shape index (κ1) is 8.93. The molecule has 2 saturated heterocycles. The average molecular weight is 184 g/mol. The lowest BCUT2D eigenvalue weighted by atomic mass is 10.0. The van der Waals surface area contributed by atoms with Gasteiger partial charge >= 0.3 is 0 Å². The van der Waals surface area contributed by atoms with E-state index in [1.807, 2.05) is 0 Å². The Kier molecular flexibility index (Phi) is 2.23.